The Labute approximate surface area is 147 Å². The Morgan fingerprint density at radius 2 is 2.00 bits per heavy atom. The van der Waals surface area contributed by atoms with E-state index in [0.717, 1.165) is 0 Å². The van der Waals surface area contributed by atoms with Gasteiger partial charge in [0.25, 0.3) is 5.91 Å². The molecule has 24 heavy (non-hydrogen) atoms. The van der Waals surface area contributed by atoms with Crippen LogP contribution in [0, 0.1) is 6.92 Å². The normalized spacial score (nSPS) is 10.5. The summed E-state index contributed by atoms with van der Waals surface area (Å²) in [7, 11) is 0. The summed E-state index contributed by atoms with van der Waals surface area (Å²) in [6.07, 6.45) is 1.46. The van der Waals surface area contributed by atoms with Crippen LogP contribution < -0.4 is 10.6 Å². The fourth-order valence-electron chi connectivity index (χ4n) is 1.85. The molecular weight excluding hydrogens is 353 g/mol. The van der Waals surface area contributed by atoms with Crippen LogP contribution >= 0.6 is 23.2 Å². The second-order valence-corrected chi connectivity index (χ2v) is 5.61. The van der Waals surface area contributed by atoms with Crippen molar-refractivity contribution in [1.82, 2.24) is 15.1 Å². The quantitative estimate of drug-likeness (QED) is 0.725. The fourth-order valence-corrected chi connectivity index (χ4v) is 2.15. The molecule has 0 aliphatic heterocycles. The second kappa shape index (κ2) is 6.86. The first-order valence-corrected chi connectivity index (χ1v) is 7.56. The number of amides is 1. The van der Waals surface area contributed by atoms with E-state index < -0.39 is 5.91 Å². The zero-order valence-electron chi connectivity index (χ0n) is 12.4. The van der Waals surface area contributed by atoms with Crippen LogP contribution in [-0.4, -0.2) is 21.0 Å². The highest BCUT2D eigenvalue weighted by atomic mass is 35.5. The number of aromatic nitrogens is 3. The SMILES string of the molecule is Cc1cc(Nc2nccc(C(=O)Nc3ccc(Cl)c(Cl)c3)n2)no1. The number of rotatable bonds is 4. The number of hydrogen-bond donors (Lipinski definition) is 2. The third-order valence-corrected chi connectivity index (χ3v) is 3.67. The van der Waals surface area contributed by atoms with Crippen molar-refractivity contribution in [1.29, 1.82) is 0 Å². The molecule has 0 bridgehead atoms. The topological polar surface area (TPSA) is 92.9 Å². The smallest absolute Gasteiger partial charge is 0.274 e. The van der Waals surface area contributed by atoms with Gasteiger partial charge in [-0.05, 0) is 31.2 Å². The molecule has 2 N–H and O–H groups in total. The van der Waals surface area contributed by atoms with Gasteiger partial charge in [0.15, 0.2) is 5.82 Å². The van der Waals surface area contributed by atoms with E-state index in [2.05, 4.69) is 25.8 Å². The van der Waals surface area contributed by atoms with Crippen molar-refractivity contribution in [2.24, 2.45) is 0 Å². The van der Waals surface area contributed by atoms with E-state index >= 15 is 0 Å². The van der Waals surface area contributed by atoms with Gasteiger partial charge < -0.3 is 15.2 Å². The highest BCUT2D eigenvalue weighted by Crippen LogP contribution is 2.25. The number of carbonyl (C=O) groups excluding carboxylic acids is 1. The molecule has 3 rings (SSSR count). The number of benzene rings is 1. The lowest BCUT2D eigenvalue weighted by atomic mass is 10.3. The minimum absolute atomic E-state index is 0.179. The standard InChI is InChI=1S/C15H11Cl2N5O2/c1-8-6-13(22-24-8)21-15-18-5-4-12(20-15)14(23)19-9-2-3-10(16)11(17)7-9/h2-7H,1H3,(H,19,23)(H,18,20,21,22). The molecular formula is C15H11Cl2N5O2. The molecule has 7 nitrogen and oxygen atoms in total. The summed E-state index contributed by atoms with van der Waals surface area (Å²) >= 11 is 11.8. The maximum absolute atomic E-state index is 12.3. The number of aryl methyl sites for hydroxylation is 1. The number of halogens is 2. The fraction of sp³-hybridized carbons (Fsp3) is 0.0667. The molecule has 9 heteroatoms. The minimum atomic E-state index is -0.407. The molecule has 0 radical (unpaired) electrons. The Bertz CT molecular complexity index is 897. The third kappa shape index (κ3) is 3.81. The maximum atomic E-state index is 12.3. The molecule has 1 amide bonds. The first kappa shape index (κ1) is 16.2. The van der Waals surface area contributed by atoms with Gasteiger partial charge in [0, 0.05) is 18.0 Å². The molecule has 0 saturated heterocycles. The Balaban J connectivity index is 1.75. The van der Waals surface area contributed by atoms with Crippen LogP contribution in [0.5, 0.6) is 0 Å². The summed E-state index contributed by atoms with van der Waals surface area (Å²) in [6, 6.07) is 7.97. The molecule has 0 aliphatic carbocycles. The number of anilines is 3. The van der Waals surface area contributed by atoms with Gasteiger partial charge in [-0.15, -0.1) is 0 Å². The molecule has 2 aromatic heterocycles. The summed E-state index contributed by atoms with van der Waals surface area (Å²) < 4.78 is 4.94. The van der Waals surface area contributed by atoms with Crippen molar-refractivity contribution in [2.75, 3.05) is 10.6 Å². The van der Waals surface area contributed by atoms with Crippen LogP contribution in [0.2, 0.25) is 10.0 Å². The second-order valence-electron chi connectivity index (χ2n) is 4.80. The predicted octanol–water partition coefficient (Wildman–Crippen LogP) is 4.08. The summed E-state index contributed by atoms with van der Waals surface area (Å²) in [5.41, 5.74) is 0.688. The number of carbonyl (C=O) groups is 1. The van der Waals surface area contributed by atoms with Crippen molar-refractivity contribution in [2.45, 2.75) is 6.92 Å². The number of nitrogens with one attached hydrogen (secondary N) is 2. The Morgan fingerprint density at radius 1 is 1.17 bits per heavy atom. The largest absolute Gasteiger partial charge is 0.360 e. The van der Waals surface area contributed by atoms with Gasteiger partial charge in [-0.2, -0.15) is 0 Å². The van der Waals surface area contributed by atoms with Crippen LogP contribution in [0.4, 0.5) is 17.5 Å². The monoisotopic (exact) mass is 363 g/mol. The van der Waals surface area contributed by atoms with Crippen molar-refractivity contribution < 1.29 is 9.32 Å². The zero-order valence-corrected chi connectivity index (χ0v) is 13.9. The first-order valence-electron chi connectivity index (χ1n) is 6.81. The van der Waals surface area contributed by atoms with E-state index in [1.54, 1.807) is 31.2 Å². The van der Waals surface area contributed by atoms with Gasteiger partial charge >= 0.3 is 0 Å². The van der Waals surface area contributed by atoms with Gasteiger partial charge in [0.2, 0.25) is 5.95 Å². The molecule has 122 valence electrons. The lowest BCUT2D eigenvalue weighted by Crippen LogP contribution is -2.14. The van der Waals surface area contributed by atoms with Gasteiger partial charge in [-0.1, -0.05) is 28.4 Å². The van der Waals surface area contributed by atoms with E-state index in [1.165, 1.54) is 12.3 Å². The van der Waals surface area contributed by atoms with Crippen molar-refractivity contribution in [3.05, 3.63) is 58.0 Å². The molecule has 0 unspecified atom stereocenters. The lowest BCUT2D eigenvalue weighted by Gasteiger charge is -2.07. The molecule has 3 aromatic rings. The molecule has 2 heterocycles. The van der Waals surface area contributed by atoms with E-state index in [0.29, 0.717) is 27.3 Å². The highest BCUT2D eigenvalue weighted by molar-refractivity contribution is 6.42. The van der Waals surface area contributed by atoms with Crippen molar-refractivity contribution in [3.8, 4) is 0 Å². The molecule has 0 aliphatic rings. The third-order valence-electron chi connectivity index (χ3n) is 2.93. The Hall–Kier alpha value is -2.64. The van der Waals surface area contributed by atoms with Gasteiger partial charge in [0.05, 0.1) is 10.0 Å². The summed E-state index contributed by atoms with van der Waals surface area (Å²) in [6.45, 7) is 1.76. The van der Waals surface area contributed by atoms with Crippen LogP contribution in [-0.2, 0) is 0 Å². The summed E-state index contributed by atoms with van der Waals surface area (Å²) in [4.78, 5) is 20.5. The lowest BCUT2D eigenvalue weighted by molar-refractivity contribution is 0.102. The molecule has 0 saturated carbocycles. The van der Waals surface area contributed by atoms with Crippen LogP contribution in [0.3, 0.4) is 0 Å². The molecule has 0 atom stereocenters. The Kier molecular flexibility index (Phi) is 4.64. The van der Waals surface area contributed by atoms with E-state index in [9.17, 15) is 4.79 Å². The highest BCUT2D eigenvalue weighted by Gasteiger charge is 2.11. The van der Waals surface area contributed by atoms with Crippen LogP contribution in [0.15, 0.2) is 41.1 Å². The Morgan fingerprint density at radius 3 is 2.71 bits per heavy atom. The van der Waals surface area contributed by atoms with Crippen molar-refractivity contribution >= 4 is 46.6 Å². The van der Waals surface area contributed by atoms with Gasteiger partial charge in [0.1, 0.15) is 11.5 Å². The zero-order chi connectivity index (χ0) is 17.1. The average molecular weight is 364 g/mol. The maximum Gasteiger partial charge on any atom is 0.274 e. The summed E-state index contributed by atoms with van der Waals surface area (Å²) in [5.74, 6) is 0.917. The van der Waals surface area contributed by atoms with E-state index in [4.69, 9.17) is 27.7 Å². The van der Waals surface area contributed by atoms with Crippen LogP contribution in [0.25, 0.3) is 0 Å². The molecule has 0 spiro atoms. The molecule has 0 fully saturated rings. The number of hydrogen-bond acceptors (Lipinski definition) is 6. The predicted molar refractivity (Wildman–Crippen MR) is 91.0 cm³/mol. The van der Waals surface area contributed by atoms with E-state index in [1.807, 2.05) is 0 Å². The number of nitrogens with zero attached hydrogens (tertiary/aromatic N) is 3. The first-order chi connectivity index (χ1) is 11.5. The van der Waals surface area contributed by atoms with Gasteiger partial charge in [-0.25, -0.2) is 9.97 Å². The van der Waals surface area contributed by atoms with Gasteiger partial charge in [-0.3, -0.25) is 4.79 Å². The molecule has 1 aromatic carbocycles. The average Bonchev–Trinajstić information content (AvgIpc) is 2.96. The van der Waals surface area contributed by atoms with Crippen LogP contribution in [0.1, 0.15) is 16.2 Å². The van der Waals surface area contributed by atoms with E-state index in [-0.39, 0.29) is 11.6 Å². The summed E-state index contributed by atoms with van der Waals surface area (Å²) in [5, 5.41) is 10.1. The van der Waals surface area contributed by atoms with Crippen molar-refractivity contribution in [3.63, 3.8) is 0 Å². The minimum Gasteiger partial charge on any atom is -0.360 e.